The Labute approximate surface area is 437 Å². The molecule has 69 heavy (non-hydrogen) atoms. The number of furan rings is 1. The molecule has 9 aromatic rings. The number of ether oxygens (including phenoxy) is 1. The molecule has 0 radical (unpaired) electrons. The number of aryl methyl sites for hydroxylation is 3. The fraction of sp³-hybridized carbons (Fsp3) is 0.344. The Hall–Kier alpha value is -5.57. The fourth-order valence-corrected chi connectivity index (χ4v) is 12.5. The van der Waals surface area contributed by atoms with E-state index in [4.69, 9.17) is 26.5 Å². The summed E-state index contributed by atoms with van der Waals surface area (Å²) in [6.07, 6.45) is 8.62. The number of fused-ring (bicyclic) bond motifs is 6. The standard InChI is InChI=1S/C64H64N2O2.Pt/c1-38-24-57(65-35-40(38)3)46-26-52(43-16-12-11-13-17-43)42(5)59(27-46)67-48-28-55-54-25-45-21-20-44-18-14-15-19-50(44)53(45)31-60(54)68-61(55)56(29-48)58-30-51(41(4)36-66-58)49-22-23-64(10,32-39(49)2)47-33-62(6,7)37-63(8,9)34-47;/h11-21,24-26,28,30-31,35-36,39,47,49H,22-23,32-34,37H2,1-10H3;/q-2;+2/i1D3,3D3,5D3,47D;. The van der Waals surface area contributed by atoms with E-state index in [1.165, 1.54) is 11.6 Å². The molecule has 0 spiro atoms. The molecule has 352 valence electrons. The summed E-state index contributed by atoms with van der Waals surface area (Å²) in [6.45, 7) is 7.81. The summed E-state index contributed by atoms with van der Waals surface area (Å²) in [5.41, 5.74) is 4.59. The summed E-state index contributed by atoms with van der Waals surface area (Å²) in [4.78, 5) is 9.55. The van der Waals surface area contributed by atoms with Crippen molar-refractivity contribution in [1.29, 1.82) is 0 Å². The van der Waals surface area contributed by atoms with Crippen LogP contribution in [0.5, 0.6) is 11.5 Å². The molecule has 0 aliphatic heterocycles. The van der Waals surface area contributed by atoms with Gasteiger partial charge >= 0.3 is 21.1 Å². The number of benzene rings is 6. The molecule has 2 fully saturated rings. The first-order chi connectivity index (χ1) is 36.5. The predicted molar refractivity (Wildman–Crippen MR) is 283 cm³/mol. The Kier molecular flexibility index (Phi) is 9.32. The van der Waals surface area contributed by atoms with Crippen LogP contribution in [0.3, 0.4) is 0 Å². The van der Waals surface area contributed by atoms with Gasteiger partial charge in [-0.2, -0.15) is 0 Å². The molecule has 4 nitrogen and oxygen atoms in total. The first-order valence-electron chi connectivity index (χ1n) is 29.1. The van der Waals surface area contributed by atoms with Crippen molar-refractivity contribution < 1.29 is 43.9 Å². The Bertz CT molecular complexity index is 3830. The molecule has 0 bridgehead atoms. The van der Waals surface area contributed by atoms with Crippen LogP contribution in [0.15, 0.2) is 120 Å². The van der Waals surface area contributed by atoms with E-state index in [0.717, 1.165) is 77.2 Å². The SMILES string of the molecule is [2H]C([2H])([2H])c1cnc(-c2[c-]c(Oc3[c-]c(-c4cc(C5CCC(C)(C6([2H])CC(C)(C)CC(C)(C)C6)CC5C)c(C)cn4)c4oc5cc6c(ccc7ccccc76)cc5c4c3)c(C([2H])([2H])[2H])c(-c3ccccc3)c2)cc1C([2H])([2H])[2H].[Pt+2]. The zero-order valence-electron chi connectivity index (χ0n) is 50.4. The van der Waals surface area contributed by atoms with E-state index >= 15 is 0 Å². The van der Waals surface area contributed by atoms with Gasteiger partial charge in [0, 0.05) is 43.0 Å². The quantitative estimate of drug-likeness (QED) is 0.118. The van der Waals surface area contributed by atoms with Crippen LogP contribution in [0.25, 0.3) is 77.1 Å². The van der Waals surface area contributed by atoms with Gasteiger partial charge in [-0.05, 0) is 160 Å². The van der Waals surface area contributed by atoms with Gasteiger partial charge in [-0.1, -0.05) is 173 Å². The van der Waals surface area contributed by atoms with E-state index in [0.29, 0.717) is 33.4 Å². The Morgan fingerprint density at radius 2 is 1.45 bits per heavy atom. The second-order valence-electron chi connectivity index (χ2n) is 21.9. The Balaban J connectivity index is 0.00000704. The Morgan fingerprint density at radius 1 is 0.710 bits per heavy atom. The van der Waals surface area contributed by atoms with E-state index < -0.39 is 37.6 Å². The maximum absolute atomic E-state index is 10.2. The van der Waals surface area contributed by atoms with Crippen LogP contribution >= 0.6 is 0 Å². The monoisotopic (exact) mass is 1100 g/mol. The molecule has 6 aromatic carbocycles. The zero-order chi connectivity index (χ0) is 55.7. The number of hydrogen-bond acceptors (Lipinski definition) is 4. The molecular weight excluding hydrogens is 1020 g/mol. The van der Waals surface area contributed by atoms with Crippen molar-refractivity contribution in [1.82, 2.24) is 9.97 Å². The maximum atomic E-state index is 10.2. The number of nitrogens with zero attached hydrogens (tertiary/aromatic N) is 2. The van der Waals surface area contributed by atoms with Crippen molar-refractivity contribution in [2.75, 3.05) is 0 Å². The normalized spacial score (nSPS) is 23.5. The van der Waals surface area contributed by atoms with Gasteiger partial charge in [0.1, 0.15) is 5.58 Å². The molecule has 11 rings (SSSR count). The van der Waals surface area contributed by atoms with Crippen LogP contribution in [-0.2, 0) is 21.1 Å². The molecular formula is C64H64N2O2Pt. The van der Waals surface area contributed by atoms with Crippen molar-refractivity contribution in [3.63, 3.8) is 0 Å². The Morgan fingerprint density at radius 3 is 2.22 bits per heavy atom. The van der Waals surface area contributed by atoms with E-state index in [1.54, 1.807) is 36.4 Å². The van der Waals surface area contributed by atoms with E-state index in [2.05, 4.69) is 108 Å². The van der Waals surface area contributed by atoms with Gasteiger partial charge in [0.25, 0.3) is 0 Å². The topological polar surface area (TPSA) is 48.2 Å². The van der Waals surface area contributed by atoms with Crippen LogP contribution in [0.4, 0.5) is 0 Å². The predicted octanol–water partition coefficient (Wildman–Crippen LogP) is 18.1. The summed E-state index contributed by atoms with van der Waals surface area (Å²) in [7, 11) is 0. The summed E-state index contributed by atoms with van der Waals surface area (Å²) < 4.78 is 100. The minimum absolute atomic E-state index is 0. The van der Waals surface area contributed by atoms with Crippen molar-refractivity contribution in [3.05, 3.63) is 155 Å². The van der Waals surface area contributed by atoms with Crippen molar-refractivity contribution >= 4 is 43.5 Å². The largest absolute Gasteiger partial charge is 2.00 e. The van der Waals surface area contributed by atoms with Crippen molar-refractivity contribution in [2.45, 2.75) is 113 Å². The number of pyridine rings is 2. The molecule has 2 saturated carbocycles. The summed E-state index contributed by atoms with van der Waals surface area (Å²) >= 11 is 0. The molecule has 2 aliphatic rings. The number of rotatable bonds is 7. The molecule has 0 saturated heterocycles. The van der Waals surface area contributed by atoms with Gasteiger partial charge in [-0.15, -0.1) is 11.6 Å². The van der Waals surface area contributed by atoms with Gasteiger partial charge < -0.3 is 19.1 Å². The molecule has 3 aromatic heterocycles. The minimum atomic E-state index is -2.82. The van der Waals surface area contributed by atoms with E-state index in [1.807, 2.05) is 24.4 Å². The van der Waals surface area contributed by atoms with Crippen LogP contribution in [0, 0.1) is 67.7 Å². The van der Waals surface area contributed by atoms with Crippen LogP contribution in [-0.4, -0.2) is 9.97 Å². The molecule has 2 aliphatic carbocycles. The smallest absolute Gasteiger partial charge is 0.501 e. The van der Waals surface area contributed by atoms with Gasteiger partial charge in [-0.3, -0.25) is 0 Å². The summed E-state index contributed by atoms with van der Waals surface area (Å²) in [6, 6.07) is 39.0. The average Bonchev–Trinajstić information content (AvgIpc) is 3.95. The first kappa shape index (κ1) is 36.4. The van der Waals surface area contributed by atoms with Crippen LogP contribution < -0.4 is 4.74 Å². The van der Waals surface area contributed by atoms with Gasteiger partial charge in [0.2, 0.25) is 0 Å². The first-order valence-corrected chi connectivity index (χ1v) is 24.1. The molecule has 3 unspecified atom stereocenters. The summed E-state index contributed by atoms with van der Waals surface area (Å²) in [5, 5.41) is 5.69. The van der Waals surface area contributed by atoms with Crippen LogP contribution in [0.2, 0.25) is 0 Å². The van der Waals surface area contributed by atoms with Crippen molar-refractivity contribution in [2.24, 2.45) is 28.1 Å². The third-order valence-corrected chi connectivity index (χ3v) is 15.3. The summed E-state index contributed by atoms with van der Waals surface area (Å²) in [5.74, 6) is -0.107. The fourth-order valence-electron chi connectivity index (χ4n) is 12.5. The second-order valence-corrected chi connectivity index (χ2v) is 21.9. The maximum Gasteiger partial charge on any atom is 2.00 e. The zero-order valence-corrected chi connectivity index (χ0v) is 42.7. The second kappa shape index (κ2) is 17.7. The molecule has 5 heteroatoms. The third kappa shape index (κ3) is 8.75. The van der Waals surface area contributed by atoms with Gasteiger partial charge in [0.15, 0.2) is 0 Å². The molecule has 0 N–H and O–H groups in total. The van der Waals surface area contributed by atoms with Gasteiger partial charge in [0.05, 0.1) is 5.58 Å². The molecule has 3 heterocycles. The minimum Gasteiger partial charge on any atom is -0.501 e. The van der Waals surface area contributed by atoms with Crippen LogP contribution in [0.1, 0.15) is 128 Å². The van der Waals surface area contributed by atoms with E-state index in [-0.39, 0.29) is 83.0 Å². The molecule has 0 amide bonds. The van der Waals surface area contributed by atoms with Gasteiger partial charge in [-0.25, -0.2) is 0 Å². The third-order valence-electron chi connectivity index (χ3n) is 15.3. The average molecular weight is 1100 g/mol. The molecule has 3 atom stereocenters. The van der Waals surface area contributed by atoms with Crippen molar-refractivity contribution in [3.8, 4) is 45.1 Å². The van der Waals surface area contributed by atoms with E-state index in [9.17, 15) is 1.37 Å². The number of hydrogen-bond donors (Lipinski definition) is 0. The number of aromatic nitrogens is 2.